The van der Waals surface area contributed by atoms with E-state index in [0.717, 1.165) is 11.3 Å². The Morgan fingerprint density at radius 3 is 2.33 bits per heavy atom. The van der Waals surface area contributed by atoms with Crippen LogP contribution < -0.4 is 9.47 Å². The number of nitrogens with zero attached hydrogens (tertiary/aromatic N) is 1. The molecule has 3 aromatic rings. The van der Waals surface area contributed by atoms with Crippen molar-refractivity contribution in [3.63, 3.8) is 0 Å². The minimum absolute atomic E-state index is 0.262. The minimum Gasteiger partial charge on any atom is -0.503 e. The molecule has 0 aliphatic rings. The van der Waals surface area contributed by atoms with Gasteiger partial charge in [-0.2, -0.15) is 0 Å². The third kappa shape index (κ3) is 5.61. The molecule has 6 nitrogen and oxygen atoms in total. The average Bonchev–Trinajstić information content (AvgIpc) is 2.80. The molecule has 3 rings (SSSR count). The van der Waals surface area contributed by atoms with Crippen LogP contribution in [0.1, 0.15) is 16.8 Å². The summed E-state index contributed by atoms with van der Waals surface area (Å²) in [5.74, 6) is 0.855. The Balaban J connectivity index is 1.70. The maximum absolute atomic E-state index is 12.1. The molecule has 1 heterocycles. The van der Waals surface area contributed by atoms with Crippen LogP contribution in [0.4, 0.5) is 0 Å². The molecule has 0 N–H and O–H groups in total. The number of rotatable bonds is 9. The van der Waals surface area contributed by atoms with Crippen LogP contribution in [0.5, 0.6) is 11.5 Å². The smallest absolute Gasteiger partial charge is 0.341 e. The normalized spacial score (nSPS) is 10.9. The van der Waals surface area contributed by atoms with E-state index in [9.17, 15) is 4.79 Å². The molecule has 154 valence electrons. The van der Waals surface area contributed by atoms with Crippen LogP contribution >= 0.6 is 0 Å². The first-order chi connectivity index (χ1) is 14.7. The predicted octanol–water partition coefficient (Wildman–Crippen LogP) is 4.40. The van der Waals surface area contributed by atoms with Crippen molar-refractivity contribution in [3.8, 4) is 11.5 Å². The fourth-order valence-electron chi connectivity index (χ4n) is 2.81. The number of esters is 1. The molecule has 0 unspecified atom stereocenters. The second-order valence-corrected chi connectivity index (χ2v) is 6.29. The van der Waals surface area contributed by atoms with Gasteiger partial charge in [0.05, 0.1) is 26.2 Å². The van der Waals surface area contributed by atoms with Gasteiger partial charge >= 0.3 is 5.97 Å². The Kier molecular flexibility index (Phi) is 7.44. The lowest BCUT2D eigenvalue weighted by molar-refractivity contribution is -0.133. The van der Waals surface area contributed by atoms with Crippen molar-refractivity contribution in [2.75, 3.05) is 14.2 Å². The van der Waals surface area contributed by atoms with Crippen molar-refractivity contribution < 1.29 is 23.7 Å². The average molecular weight is 405 g/mol. The van der Waals surface area contributed by atoms with Gasteiger partial charge in [0.1, 0.15) is 30.3 Å². The molecule has 0 saturated carbocycles. The van der Waals surface area contributed by atoms with Gasteiger partial charge in [-0.25, -0.2) is 4.79 Å². The summed E-state index contributed by atoms with van der Waals surface area (Å²) in [5, 5.41) is 0. The molecular formula is C24H23NO5. The molecule has 0 spiro atoms. The zero-order valence-electron chi connectivity index (χ0n) is 16.9. The molecule has 0 amide bonds. The molecule has 1 aromatic heterocycles. The molecule has 2 aromatic carbocycles. The van der Waals surface area contributed by atoms with Gasteiger partial charge in [-0.3, -0.25) is 4.98 Å². The van der Waals surface area contributed by atoms with Gasteiger partial charge in [-0.05, 0) is 35.4 Å². The Labute approximate surface area is 175 Å². The summed E-state index contributed by atoms with van der Waals surface area (Å²) in [7, 11) is 2.82. The van der Waals surface area contributed by atoms with Crippen LogP contribution in [0, 0.1) is 0 Å². The van der Waals surface area contributed by atoms with Gasteiger partial charge in [0.25, 0.3) is 0 Å². The zero-order chi connectivity index (χ0) is 21.2. The quantitative estimate of drug-likeness (QED) is 0.299. The number of carbonyl (C=O) groups is 1. The summed E-state index contributed by atoms with van der Waals surface area (Å²) in [6.07, 6.45) is 3.10. The Hall–Kier alpha value is -3.80. The highest BCUT2D eigenvalue weighted by Crippen LogP contribution is 2.25. The number of aromatic nitrogens is 1. The summed E-state index contributed by atoms with van der Waals surface area (Å²) < 4.78 is 21.7. The van der Waals surface area contributed by atoms with Crippen molar-refractivity contribution in [2.24, 2.45) is 0 Å². The highest BCUT2D eigenvalue weighted by Gasteiger charge is 2.17. The van der Waals surface area contributed by atoms with Crippen LogP contribution in [0.25, 0.3) is 5.57 Å². The molecule has 0 bridgehead atoms. The first kappa shape index (κ1) is 20.9. The van der Waals surface area contributed by atoms with Gasteiger partial charge in [-0.1, -0.05) is 36.4 Å². The molecule has 0 aliphatic carbocycles. The Bertz CT molecular complexity index is 1000. The highest BCUT2D eigenvalue weighted by atomic mass is 16.5. The molecule has 0 atom stereocenters. The summed E-state index contributed by atoms with van der Waals surface area (Å²) in [6, 6.07) is 20.5. The largest absolute Gasteiger partial charge is 0.503 e. The first-order valence-electron chi connectivity index (χ1n) is 9.36. The van der Waals surface area contributed by atoms with E-state index in [2.05, 4.69) is 4.98 Å². The number of carbonyl (C=O) groups excluding carboxylic acids is 1. The maximum Gasteiger partial charge on any atom is 0.341 e. The van der Waals surface area contributed by atoms with Crippen LogP contribution in [0.2, 0.25) is 0 Å². The molecule has 6 heteroatoms. The summed E-state index contributed by atoms with van der Waals surface area (Å²) in [5.41, 5.74) is 2.68. The van der Waals surface area contributed by atoms with E-state index in [1.165, 1.54) is 20.5 Å². The highest BCUT2D eigenvalue weighted by molar-refractivity contribution is 6.16. The number of benzene rings is 2. The predicted molar refractivity (Wildman–Crippen MR) is 113 cm³/mol. The Morgan fingerprint density at radius 2 is 1.63 bits per heavy atom. The van der Waals surface area contributed by atoms with Crippen molar-refractivity contribution in [1.82, 2.24) is 4.98 Å². The lowest BCUT2D eigenvalue weighted by atomic mass is 10.0. The van der Waals surface area contributed by atoms with E-state index in [1.54, 1.807) is 6.20 Å². The molecule has 0 fully saturated rings. The molecule has 30 heavy (non-hydrogen) atoms. The van der Waals surface area contributed by atoms with Crippen molar-refractivity contribution >= 4 is 11.5 Å². The summed E-state index contributed by atoms with van der Waals surface area (Å²) >= 11 is 0. The van der Waals surface area contributed by atoms with Crippen LogP contribution in [-0.2, 0) is 27.5 Å². The second kappa shape index (κ2) is 10.7. The molecular weight excluding hydrogens is 382 g/mol. The lowest BCUT2D eigenvalue weighted by Crippen LogP contribution is -2.08. The fraction of sp³-hybridized carbons (Fsp3) is 0.167. The summed E-state index contributed by atoms with van der Waals surface area (Å²) in [6.45, 7) is 0.634. The van der Waals surface area contributed by atoms with Crippen molar-refractivity contribution in [2.45, 2.75) is 13.2 Å². The topological polar surface area (TPSA) is 66.9 Å². The molecule has 0 saturated heterocycles. The van der Waals surface area contributed by atoms with Gasteiger partial charge in [0.15, 0.2) is 0 Å². The summed E-state index contributed by atoms with van der Waals surface area (Å²) in [4.78, 5) is 16.4. The molecule has 0 aliphatic heterocycles. The van der Waals surface area contributed by atoms with Crippen LogP contribution in [-0.4, -0.2) is 25.2 Å². The Morgan fingerprint density at radius 1 is 0.900 bits per heavy atom. The van der Waals surface area contributed by atoms with Crippen molar-refractivity contribution in [3.05, 3.63) is 96.0 Å². The number of methoxy groups -OCH3 is 2. The monoisotopic (exact) mass is 405 g/mol. The minimum atomic E-state index is -0.478. The third-order valence-electron chi connectivity index (χ3n) is 4.26. The van der Waals surface area contributed by atoms with E-state index in [0.29, 0.717) is 29.2 Å². The van der Waals surface area contributed by atoms with Gasteiger partial charge in [0.2, 0.25) is 0 Å². The molecule has 0 radical (unpaired) electrons. The second-order valence-electron chi connectivity index (χ2n) is 6.29. The standard InChI is InChI=1S/C24H23NO5/c1-27-17-23(24(26)28-2)22-12-4-3-8-18(22)15-29-20-10-7-11-21(14-20)30-16-19-9-5-6-13-25-19/h3-14,17H,15-16H2,1-2H3/b23-17-. The number of hydrogen-bond donors (Lipinski definition) is 0. The van der Waals surface area contributed by atoms with E-state index in [-0.39, 0.29) is 6.61 Å². The SMILES string of the molecule is CO/C=C(\C(=O)OC)c1ccccc1COc1cccc(OCc2ccccn2)c1. The van der Waals surface area contributed by atoms with E-state index in [1.807, 2.05) is 66.7 Å². The fourth-order valence-corrected chi connectivity index (χ4v) is 2.81. The van der Waals surface area contributed by atoms with Gasteiger partial charge in [0, 0.05) is 12.3 Å². The van der Waals surface area contributed by atoms with Crippen LogP contribution in [0.3, 0.4) is 0 Å². The zero-order valence-corrected chi connectivity index (χ0v) is 16.9. The lowest BCUT2D eigenvalue weighted by Gasteiger charge is -2.13. The van der Waals surface area contributed by atoms with E-state index >= 15 is 0 Å². The number of ether oxygens (including phenoxy) is 4. The number of hydrogen-bond acceptors (Lipinski definition) is 6. The maximum atomic E-state index is 12.1. The first-order valence-corrected chi connectivity index (χ1v) is 9.36. The number of pyridine rings is 1. The van der Waals surface area contributed by atoms with E-state index in [4.69, 9.17) is 18.9 Å². The van der Waals surface area contributed by atoms with Crippen molar-refractivity contribution in [1.29, 1.82) is 0 Å². The van der Waals surface area contributed by atoms with E-state index < -0.39 is 5.97 Å². The van der Waals surface area contributed by atoms with Gasteiger partial charge in [-0.15, -0.1) is 0 Å². The third-order valence-corrected chi connectivity index (χ3v) is 4.26. The van der Waals surface area contributed by atoms with Gasteiger partial charge < -0.3 is 18.9 Å². The van der Waals surface area contributed by atoms with Crippen LogP contribution in [0.15, 0.2) is 79.2 Å².